The summed E-state index contributed by atoms with van der Waals surface area (Å²) >= 11 is 0. The van der Waals surface area contributed by atoms with E-state index in [9.17, 15) is 9.59 Å². The highest BCUT2D eigenvalue weighted by molar-refractivity contribution is 5.89. The molecule has 1 aliphatic heterocycles. The maximum Gasteiger partial charge on any atom is 0.323 e. The molecule has 0 radical (unpaired) electrons. The largest absolute Gasteiger partial charge is 0.378 e. The number of aromatic nitrogens is 2. The number of carbonyl (C=O) groups excluding carboxylic acids is 2. The Kier molecular flexibility index (Phi) is 4.19. The van der Waals surface area contributed by atoms with Crippen molar-refractivity contribution in [1.29, 1.82) is 0 Å². The van der Waals surface area contributed by atoms with Gasteiger partial charge in [-0.25, -0.2) is 14.8 Å². The fourth-order valence-corrected chi connectivity index (χ4v) is 2.28. The number of anilines is 1. The summed E-state index contributed by atoms with van der Waals surface area (Å²) in [5, 5.41) is 5.67. The number of hydrogen-bond donors (Lipinski definition) is 2. The highest BCUT2D eigenvalue weighted by Gasteiger charge is 2.36. The van der Waals surface area contributed by atoms with Crippen molar-refractivity contribution in [2.45, 2.75) is 25.5 Å². The van der Waals surface area contributed by atoms with Gasteiger partial charge < -0.3 is 15.0 Å². The molecule has 1 aromatic rings. The molecule has 22 heavy (non-hydrogen) atoms. The Balaban J connectivity index is 1.45. The summed E-state index contributed by atoms with van der Waals surface area (Å²) in [6.07, 6.45) is 3.36. The number of nitrogens with one attached hydrogen (secondary N) is 2. The number of carbonyl (C=O) groups is 2. The van der Waals surface area contributed by atoms with Crippen molar-refractivity contribution in [2.24, 2.45) is 5.92 Å². The summed E-state index contributed by atoms with van der Waals surface area (Å²) in [5.41, 5.74) is 0.700. The predicted octanol–water partition coefficient (Wildman–Crippen LogP) is 0.365. The van der Waals surface area contributed by atoms with Crippen LogP contribution in [0.2, 0.25) is 0 Å². The molecule has 0 bridgehead atoms. The maximum atomic E-state index is 12.1. The Hall–Kier alpha value is -2.22. The molecule has 1 aliphatic carbocycles. The van der Waals surface area contributed by atoms with Crippen molar-refractivity contribution in [2.75, 3.05) is 25.5 Å². The Bertz CT molecular complexity index is 569. The van der Waals surface area contributed by atoms with E-state index >= 15 is 0 Å². The highest BCUT2D eigenvalue weighted by atomic mass is 16.5. The van der Waals surface area contributed by atoms with Crippen molar-refractivity contribution >= 4 is 17.8 Å². The van der Waals surface area contributed by atoms with Gasteiger partial charge in [-0.3, -0.25) is 10.1 Å². The lowest BCUT2D eigenvalue weighted by Gasteiger charge is -2.39. The van der Waals surface area contributed by atoms with Crippen LogP contribution in [-0.2, 0) is 16.1 Å². The van der Waals surface area contributed by atoms with E-state index in [1.165, 1.54) is 6.33 Å². The zero-order valence-electron chi connectivity index (χ0n) is 12.4. The SMILES string of the molecule is COCc1cc(NC(=O)N2CC(NC(=O)C3CC3)C2)ncn1. The number of ether oxygens (including phenoxy) is 1. The van der Waals surface area contributed by atoms with Crippen LogP contribution in [0.5, 0.6) is 0 Å². The van der Waals surface area contributed by atoms with E-state index in [0.29, 0.717) is 31.2 Å². The molecule has 0 atom stereocenters. The lowest BCUT2D eigenvalue weighted by atomic mass is 10.1. The molecule has 118 valence electrons. The van der Waals surface area contributed by atoms with Crippen molar-refractivity contribution in [3.05, 3.63) is 18.1 Å². The molecule has 0 aromatic carbocycles. The van der Waals surface area contributed by atoms with Gasteiger partial charge in [0.2, 0.25) is 5.91 Å². The number of urea groups is 1. The molecular formula is C14H19N5O3. The standard InChI is InChI=1S/C14H19N5O3/c1-22-7-10-4-12(16-8-15-10)18-14(21)19-5-11(6-19)17-13(20)9-2-3-9/h4,8-9,11H,2-3,5-7H2,1H3,(H,17,20)(H,15,16,18,21). The number of methoxy groups -OCH3 is 1. The van der Waals surface area contributed by atoms with Crippen LogP contribution >= 0.6 is 0 Å². The van der Waals surface area contributed by atoms with Crippen LogP contribution in [0, 0.1) is 5.92 Å². The van der Waals surface area contributed by atoms with E-state index in [4.69, 9.17) is 4.74 Å². The summed E-state index contributed by atoms with van der Waals surface area (Å²) in [7, 11) is 1.58. The van der Waals surface area contributed by atoms with Gasteiger partial charge in [-0.15, -0.1) is 0 Å². The second-order valence-electron chi connectivity index (χ2n) is 5.64. The van der Waals surface area contributed by atoms with Crippen molar-refractivity contribution in [1.82, 2.24) is 20.2 Å². The van der Waals surface area contributed by atoms with Crippen LogP contribution in [0.3, 0.4) is 0 Å². The minimum atomic E-state index is -0.223. The second-order valence-corrected chi connectivity index (χ2v) is 5.64. The smallest absolute Gasteiger partial charge is 0.323 e. The van der Waals surface area contributed by atoms with Crippen molar-refractivity contribution in [3.8, 4) is 0 Å². The molecule has 1 saturated carbocycles. The first-order chi connectivity index (χ1) is 10.7. The first kappa shape index (κ1) is 14.7. The van der Waals surface area contributed by atoms with Crippen LogP contribution in [0.15, 0.2) is 12.4 Å². The van der Waals surface area contributed by atoms with Crippen molar-refractivity contribution < 1.29 is 14.3 Å². The molecule has 3 amide bonds. The number of nitrogens with zero attached hydrogens (tertiary/aromatic N) is 3. The maximum absolute atomic E-state index is 12.1. The summed E-state index contributed by atoms with van der Waals surface area (Å²) in [6, 6.07) is 1.51. The van der Waals surface area contributed by atoms with E-state index < -0.39 is 0 Å². The molecule has 2 aliphatic rings. The summed E-state index contributed by atoms with van der Waals surface area (Å²) in [4.78, 5) is 33.3. The van der Waals surface area contributed by atoms with Gasteiger partial charge in [-0.1, -0.05) is 0 Å². The van der Waals surface area contributed by atoms with Crippen LogP contribution in [0.25, 0.3) is 0 Å². The fourth-order valence-electron chi connectivity index (χ4n) is 2.28. The second kappa shape index (κ2) is 6.27. The molecule has 0 spiro atoms. The number of hydrogen-bond acceptors (Lipinski definition) is 5. The van der Waals surface area contributed by atoms with E-state index in [1.54, 1.807) is 18.1 Å². The van der Waals surface area contributed by atoms with Gasteiger partial charge in [-0.2, -0.15) is 0 Å². The zero-order chi connectivity index (χ0) is 15.5. The van der Waals surface area contributed by atoms with Gasteiger partial charge in [0.25, 0.3) is 0 Å². The van der Waals surface area contributed by atoms with E-state index in [-0.39, 0.29) is 23.9 Å². The van der Waals surface area contributed by atoms with Gasteiger partial charge in [0.15, 0.2) is 0 Å². The van der Waals surface area contributed by atoms with E-state index in [1.807, 2.05) is 0 Å². The number of rotatable bonds is 5. The summed E-state index contributed by atoms with van der Waals surface area (Å²) < 4.78 is 4.99. The Labute approximate surface area is 128 Å². The quantitative estimate of drug-likeness (QED) is 0.819. The van der Waals surface area contributed by atoms with E-state index in [2.05, 4.69) is 20.6 Å². The molecule has 0 unspecified atom stereocenters. The van der Waals surface area contributed by atoms with Gasteiger partial charge in [0, 0.05) is 32.2 Å². The van der Waals surface area contributed by atoms with Gasteiger partial charge in [-0.05, 0) is 12.8 Å². The molecule has 8 heteroatoms. The third kappa shape index (κ3) is 3.51. The third-order valence-electron chi connectivity index (χ3n) is 3.71. The average Bonchev–Trinajstić information content (AvgIpc) is 3.27. The Morgan fingerprint density at radius 2 is 2.14 bits per heavy atom. The molecule has 1 aromatic heterocycles. The first-order valence-electron chi connectivity index (χ1n) is 7.32. The third-order valence-corrected chi connectivity index (χ3v) is 3.71. The molecule has 3 rings (SSSR count). The Morgan fingerprint density at radius 1 is 1.36 bits per heavy atom. The topological polar surface area (TPSA) is 96.5 Å². The Morgan fingerprint density at radius 3 is 2.82 bits per heavy atom. The number of amides is 3. The zero-order valence-corrected chi connectivity index (χ0v) is 12.4. The van der Waals surface area contributed by atoms with Gasteiger partial charge in [0.1, 0.15) is 12.1 Å². The summed E-state index contributed by atoms with van der Waals surface area (Å²) in [5.74, 6) is 0.755. The molecule has 1 saturated heterocycles. The van der Waals surface area contributed by atoms with Crippen LogP contribution in [-0.4, -0.2) is 53.0 Å². The highest BCUT2D eigenvalue weighted by Crippen LogP contribution is 2.29. The van der Waals surface area contributed by atoms with Gasteiger partial charge in [0.05, 0.1) is 18.3 Å². The fraction of sp³-hybridized carbons (Fsp3) is 0.571. The van der Waals surface area contributed by atoms with E-state index in [0.717, 1.165) is 12.8 Å². The summed E-state index contributed by atoms with van der Waals surface area (Å²) in [6.45, 7) is 1.42. The van der Waals surface area contributed by atoms with Crippen LogP contribution in [0.4, 0.5) is 10.6 Å². The van der Waals surface area contributed by atoms with Gasteiger partial charge >= 0.3 is 6.03 Å². The molecular weight excluding hydrogens is 286 g/mol. The monoisotopic (exact) mass is 305 g/mol. The lowest BCUT2D eigenvalue weighted by Crippen LogP contribution is -2.62. The molecule has 2 heterocycles. The van der Waals surface area contributed by atoms with Crippen LogP contribution < -0.4 is 10.6 Å². The normalized spacial score (nSPS) is 17.8. The minimum absolute atomic E-state index is 0.0632. The number of likely N-dealkylation sites (tertiary alicyclic amines) is 1. The molecule has 2 fully saturated rings. The minimum Gasteiger partial charge on any atom is -0.378 e. The average molecular weight is 305 g/mol. The molecule has 2 N–H and O–H groups in total. The first-order valence-corrected chi connectivity index (χ1v) is 7.32. The van der Waals surface area contributed by atoms with Crippen molar-refractivity contribution in [3.63, 3.8) is 0 Å². The predicted molar refractivity (Wildman–Crippen MR) is 78.0 cm³/mol. The molecule has 8 nitrogen and oxygen atoms in total. The van der Waals surface area contributed by atoms with Crippen LogP contribution in [0.1, 0.15) is 18.5 Å². The lowest BCUT2D eigenvalue weighted by molar-refractivity contribution is -0.123.